The van der Waals surface area contributed by atoms with Gasteiger partial charge in [-0.25, -0.2) is 4.79 Å². The minimum atomic E-state index is -1.30. The van der Waals surface area contributed by atoms with Crippen molar-refractivity contribution in [3.8, 4) is 5.75 Å². The zero-order valence-corrected chi connectivity index (χ0v) is 13.5. The Bertz CT molecular complexity index is 625. The highest BCUT2D eigenvalue weighted by atomic mass is 35.5. The first-order chi connectivity index (χ1) is 10.3. The molecule has 0 saturated heterocycles. The van der Waals surface area contributed by atoms with Gasteiger partial charge in [-0.15, -0.1) is 0 Å². The number of hydrogen-bond acceptors (Lipinski definition) is 5. The van der Waals surface area contributed by atoms with Crippen molar-refractivity contribution in [2.24, 2.45) is 0 Å². The fourth-order valence-electron chi connectivity index (χ4n) is 2.26. The second kappa shape index (κ2) is 6.77. The third-order valence-corrected chi connectivity index (χ3v) is 3.93. The van der Waals surface area contributed by atoms with Crippen molar-refractivity contribution in [3.63, 3.8) is 0 Å². The fourth-order valence-corrected chi connectivity index (χ4v) is 2.70. The first-order valence-electron chi connectivity index (χ1n) is 6.65. The summed E-state index contributed by atoms with van der Waals surface area (Å²) in [6.07, 6.45) is 0.249. The molecule has 0 bridgehead atoms. The topological polar surface area (TPSA) is 84.9 Å². The first-order valence-corrected chi connectivity index (χ1v) is 7.40. The highest BCUT2D eigenvalue weighted by Gasteiger charge is 2.39. The lowest BCUT2D eigenvalue weighted by Gasteiger charge is -2.29. The number of rotatable bonds is 3. The van der Waals surface area contributed by atoms with E-state index in [1.807, 2.05) is 0 Å². The molecule has 22 heavy (non-hydrogen) atoms. The minimum absolute atomic E-state index is 0.00374. The van der Waals surface area contributed by atoms with Crippen molar-refractivity contribution in [1.82, 2.24) is 5.32 Å². The predicted octanol–water partition coefficient (Wildman–Crippen LogP) is 1.63. The van der Waals surface area contributed by atoms with E-state index < -0.39 is 19.0 Å². The number of benzene rings is 1. The molecule has 9 heteroatoms. The smallest absolute Gasteiger partial charge is 0.534 e. The Kier molecular flexibility index (Phi) is 5.21. The van der Waals surface area contributed by atoms with Gasteiger partial charge in [-0.2, -0.15) is 0 Å². The van der Waals surface area contributed by atoms with Crippen molar-refractivity contribution in [1.29, 1.82) is 0 Å². The quantitative estimate of drug-likeness (QED) is 0.642. The average Bonchev–Trinajstić information content (AvgIpc) is 2.42. The maximum absolute atomic E-state index is 12.1. The summed E-state index contributed by atoms with van der Waals surface area (Å²) in [5.41, 5.74) is 0.535. The van der Waals surface area contributed by atoms with Gasteiger partial charge in [0.1, 0.15) is 11.3 Å². The number of ether oxygens (including phenoxy) is 1. The summed E-state index contributed by atoms with van der Waals surface area (Å²) < 4.78 is 10.3. The Labute approximate surface area is 137 Å². The van der Waals surface area contributed by atoms with Crippen LogP contribution in [0.3, 0.4) is 0 Å². The molecule has 0 radical (unpaired) electrons. The van der Waals surface area contributed by atoms with E-state index in [4.69, 9.17) is 32.6 Å². The first kappa shape index (κ1) is 16.9. The summed E-state index contributed by atoms with van der Waals surface area (Å²) in [4.78, 5) is 23.2. The van der Waals surface area contributed by atoms with E-state index in [0.29, 0.717) is 5.56 Å². The molecular formula is C13H14BCl2NO5. The third-order valence-electron chi connectivity index (χ3n) is 3.14. The van der Waals surface area contributed by atoms with Crippen molar-refractivity contribution in [3.05, 3.63) is 27.2 Å². The summed E-state index contributed by atoms with van der Waals surface area (Å²) >= 11 is 12.1. The maximum Gasteiger partial charge on any atom is 0.547 e. The van der Waals surface area contributed by atoms with E-state index in [9.17, 15) is 14.6 Å². The van der Waals surface area contributed by atoms with Gasteiger partial charge in [-0.1, -0.05) is 23.2 Å². The van der Waals surface area contributed by atoms with Crippen LogP contribution in [0.25, 0.3) is 0 Å². The van der Waals surface area contributed by atoms with Gasteiger partial charge >= 0.3 is 13.1 Å². The van der Waals surface area contributed by atoms with Gasteiger partial charge in [0.15, 0.2) is 0 Å². The molecule has 1 unspecified atom stereocenters. The maximum atomic E-state index is 12.1. The van der Waals surface area contributed by atoms with Crippen LogP contribution >= 0.6 is 23.2 Å². The molecule has 0 aromatic heterocycles. The van der Waals surface area contributed by atoms with Gasteiger partial charge in [-0.3, -0.25) is 4.79 Å². The molecule has 1 atom stereocenters. The molecule has 0 spiro atoms. The van der Waals surface area contributed by atoms with Crippen LogP contribution in [0.15, 0.2) is 6.07 Å². The normalized spacial score (nSPS) is 16.6. The Balaban J connectivity index is 2.46. The average molecular weight is 346 g/mol. The number of nitrogens with one attached hydrogen (secondary N) is 1. The van der Waals surface area contributed by atoms with Crippen LogP contribution in [-0.2, 0) is 16.0 Å². The van der Waals surface area contributed by atoms with E-state index in [2.05, 4.69) is 5.32 Å². The molecular weight excluding hydrogens is 332 g/mol. The molecule has 118 valence electrons. The lowest BCUT2D eigenvalue weighted by Crippen LogP contribution is -2.52. The minimum Gasteiger partial charge on any atom is -0.534 e. The number of carbonyl (C=O) groups is 2. The van der Waals surface area contributed by atoms with Crippen molar-refractivity contribution in [2.45, 2.75) is 26.2 Å². The van der Waals surface area contributed by atoms with Gasteiger partial charge in [0.2, 0.25) is 5.91 Å². The standard InChI is InChI=1S/C13H14BCl2NO5/c1-3-21-13(19)10-11(16)8(15)4-7-5-9(17-6(2)18)14(20)22-12(7)10/h4,9,20H,3,5H2,1-2H3,(H,17,18). The summed E-state index contributed by atoms with van der Waals surface area (Å²) in [5, 5.41) is 12.7. The molecule has 0 fully saturated rings. The molecule has 1 aromatic rings. The lowest BCUT2D eigenvalue weighted by atomic mass is 9.72. The zero-order chi connectivity index (χ0) is 16.4. The van der Waals surface area contributed by atoms with Crippen LogP contribution in [0.1, 0.15) is 29.8 Å². The summed E-state index contributed by atoms with van der Waals surface area (Å²) in [5.74, 6) is -1.50. The molecule has 1 heterocycles. The molecule has 1 aliphatic rings. The molecule has 2 rings (SSSR count). The largest absolute Gasteiger partial charge is 0.547 e. The van der Waals surface area contributed by atoms with Crippen LogP contribution in [-0.4, -0.2) is 36.6 Å². The second-order valence-corrected chi connectivity index (χ2v) is 5.56. The van der Waals surface area contributed by atoms with E-state index >= 15 is 0 Å². The van der Waals surface area contributed by atoms with Crippen LogP contribution < -0.4 is 9.97 Å². The Morgan fingerprint density at radius 3 is 2.82 bits per heavy atom. The molecule has 2 N–H and O–H groups in total. The van der Waals surface area contributed by atoms with E-state index in [-0.39, 0.29) is 40.3 Å². The molecule has 1 aliphatic heterocycles. The molecule has 1 aromatic carbocycles. The van der Waals surface area contributed by atoms with Gasteiger partial charge in [0, 0.05) is 6.92 Å². The van der Waals surface area contributed by atoms with Crippen LogP contribution in [0.4, 0.5) is 0 Å². The summed E-state index contributed by atoms with van der Waals surface area (Å²) in [7, 11) is -1.30. The van der Waals surface area contributed by atoms with Gasteiger partial charge < -0.3 is 19.7 Å². The van der Waals surface area contributed by atoms with Crippen molar-refractivity contribution in [2.75, 3.05) is 6.61 Å². The Morgan fingerprint density at radius 1 is 1.55 bits per heavy atom. The third kappa shape index (κ3) is 3.32. The number of carbonyl (C=O) groups excluding carboxylic acids is 2. The number of halogens is 2. The predicted molar refractivity (Wildman–Crippen MR) is 82.3 cm³/mol. The number of amides is 1. The molecule has 0 aliphatic carbocycles. The molecule has 6 nitrogen and oxygen atoms in total. The Morgan fingerprint density at radius 2 is 2.23 bits per heavy atom. The highest BCUT2D eigenvalue weighted by Crippen LogP contribution is 2.39. The molecule has 1 amide bonds. The van der Waals surface area contributed by atoms with Gasteiger partial charge in [-0.05, 0) is 25.0 Å². The van der Waals surface area contributed by atoms with Crippen LogP contribution in [0.5, 0.6) is 5.75 Å². The van der Waals surface area contributed by atoms with Crippen molar-refractivity contribution < 1.29 is 24.0 Å². The van der Waals surface area contributed by atoms with Gasteiger partial charge in [0.05, 0.1) is 22.6 Å². The Hall–Kier alpha value is -1.44. The lowest BCUT2D eigenvalue weighted by molar-refractivity contribution is -0.119. The summed E-state index contributed by atoms with van der Waals surface area (Å²) in [6, 6.07) is 1.54. The van der Waals surface area contributed by atoms with Crippen LogP contribution in [0, 0.1) is 0 Å². The van der Waals surface area contributed by atoms with Gasteiger partial charge in [0.25, 0.3) is 0 Å². The van der Waals surface area contributed by atoms with Crippen molar-refractivity contribution >= 4 is 42.2 Å². The highest BCUT2D eigenvalue weighted by molar-refractivity contribution is 6.48. The van der Waals surface area contributed by atoms with E-state index in [1.54, 1.807) is 13.0 Å². The number of hydrogen-bond donors (Lipinski definition) is 2. The second-order valence-electron chi connectivity index (χ2n) is 4.78. The van der Waals surface area contributed by atoms with E-state index in [0.717, 1.165) is 0 Å². The van der Waals surface area contributed by atoms with Crippen LogP contribution in [0.2, 0.25) is 10.0 Å². The monoisotopic (exact) mass is 345 g/mol. The number of esters is 1. The molecule has 0 saturated carbocycles. The summed E-state index contributed by atoms with van der Waals surface area (Å²) in [6.45, 7) is 3.15. The van der Waals surface area contributed by atoms with E-state index in [1.165, 1.54) is 6.92 Å². The zero-order valence-electron chi connectivity index (χ0n) is 12.0. The number of fused-ring (bicyclic) bond motifs is 1. The fraction of sp³-hybridized carbons (Fsp3) is 0.385. The SMILES string of the molecule is CCOC(=O)c1c(Cl)c(Cl)cc2c1OB(O)C(NC(C)=O)C2.